The van der Waals surface area contributed by atoms with E-state index in [1.165, 1.54) is 6.07 Å². The maximum absolute atomic E-state index is 11.4. The maximum Gasteiger partial charge on any atom is 0.294 e. The van der Waals surface area contributed by atoms with E-state index in [2.05, 4.69) is 0 Å². The van der Waals surface area contributed by atoms with Crippen LogP contribution in [0.5, 0.6) is 0 Å². The van der Waals surface area contributed by atoms with Gasteiger partial charge in [0.2, 0.25) is 0 Å². The van der Waals surface area contributed by atoms with Gasteiger partial charge in [-0.05, 0) is 68.2 Å². The van der Waals surface area contributed by atoms with Crippen molar-refractivity contribution in [2.75, 3.05) is 0 Å². The number of aliphatic hydroxyl groups is 1. The first-order chi connectivity index (χ1) is 8.80. The molecule has 0 saturated heterocycles. The molecule has 0 spiro atoms. The Balaban J connectivity index is 2.45. The molecule has 5 heteroatoms. The van der Waals surface area contributed by atoms with E-state index in [0.717, 1.165) is 36.8 Å². The van der Waals surface area contributed by atoms with Crippen LogP contribution in [0.2, 0.25) is 0 Å². The van der Waals surface area contributed by atoms with Gasteiger partial charge in [0, 0.05) is 0 Å². The van der Waals surface area contributed by atoms with E-state index in [1.54, 1.807) is 13.0 Å². The summed E-state index contributed by atoms with van der Waals surface area (Å²) in [6.45, 7) is 3.71. The summed E-state index contributed by atoms with van der Waals surface area (Å²) >= 11 is 0. The molecule has 0 aliphatic heterocycles. The van der Waals surface area contributed by atoms with Gasteiger partial charge < -0.3 is 5.11 Å². The van der Waals surface area contributed by atoms with Crippen molar-refractivity contribution in [1.82, 2.24) is 0 Å². The Morgan fingerprint density at radius 1 is 1.11 bits per heavy atom. The molecule has 1 fully saturated rings. The standard InChI is InChI=1S/C14H20O4S/c1-9-3-8-13(19(16,17)18)10(2)14(9)11-4-6-12(15)7-5-11/h3,8,11-12,15H,4-7H2,1-2H3,(H,16,17,18). The normalized spacial score (nSPS) is 24.4. The Morgan fingerprint density at radius 3 is 2.21 bits per heavy atom. The molecule has 0 heterocycles. The van der Waals surface area contributed by atoms with Crippen molar-refractivity contribution in [1.29, 1.82) is 0 Å². The molecule has 19 heavy (non-hydrogen) atoms. The minimum absolute atomic E-state index is 0.000720. The molecule has 0 radical (unpaired) electrons. The summed E-state index contributed by atoms with van der Waals surface area (Å²) in [6, 6.07) is 3.21. The lowest BCUT2D eigenvalue weighted by molar-refractivity contribution is 0.122. The van der Waals surface area contributed by atoms with E-state index in [-0.39, 0.29) is 16.9 Å². The molecule has 0 amide bonds. The zero-order chi connectivity index (χ0) is 14.2. The average molecular weight is 284 g/mol. The Hall–Kier alpha value is -0.910. The van der Waals surface area contributed by atoms with Crippen molar-refractivity contribution < 1.29 is 18.1 Å². The van der Waals surface area contributed by atoms with Gasteiger partial charge in [0.15, 0.2) is 0 Å². The highest BCUT2D eigenvalue weighted by atomic mass is 32.2. The van der Waals surface area contributed by atoms with Crippen LogP contribution in [0.3, 0.4) is 0 Å². The number of hydrogen-bond acceptors (Lipinski definition) is 3. The summed E-state index contributed by atoms with van der Waals surface area (Å²) in [6.07, 6.45) is 2.98. The molecule has 1 saturated carbocycles. The van der Waals surface area contributed by atoms with Crippen LogP contribution in [-0.2, 0) is 10.1 Å². The third-order valence-corrected chi connectivity index (χ3v) is 5.06. The Kier molecular flexibility index (Phi) is 3.99. The van der Waals surface area contributed by atoms with E-state index < -0.39 is 10.1 Å². The quantitative estimate of drug-likeness (QED) is 0.818. The molecule has 0 unspecified atom stereocenters. The fourth-order valence-electron chi connectivity index (χ4n) is 3.12. The molecule has 0 aromatic heterocycles. The highest BCUT2D eigenvalue weighted by molar-refractivity contribution is 7.85. The number of benzene rings is 1. The molecule has 0 atom stereocenters. The van der Waals surface area contributed by atoms with Crippen LogP contribution < -0.4 is 0 Å². The zero-order valence-electron chi connectivity index (χ0n) is 11.3. The predicted octanol–water partition coefficient (Wildman–Crippen LogP) is 2.57. The third kappa shape index (κ3) is 2.99. The van der Waals surface area contributed by atoms with Crippen LogP contribution in [0.25, 0.3) is 0 Å². The van der Waals surface area contributed by atoms with Crippen molar-refractivity contribution in [3.05, 3.63) is 28.8 Å². The number of aliphatic hydroxyl groups excluding tert-OH is 1. The van der Waals surface area contributed by atoms with E-state index in [0.29, 0.717) is 5.56 Å². The van der Waals surface area contributed by atoms with Gasteiger partial charge in [-0.3, -0.25) is 4.55 Å². The lowest BCUT2D eigenvalue weighted by Crippen LogP contribution is -2.19. The molecule has 0 bridgehead atoms. The predicted molar refractivity (Wildman–Crippen MR) is 72.9 cm³/mol. The second kappa shape index (κ2) is 5.23. The smallest absolute Gasteiger partial charge is 0.294 e. The first kappa shape index (κ1) is 14.5. The SMILES string of the molecule is Cc1ccc(S(=O)(=O)O)c(C)c1C1CCC(O)CC1. The summed E-state index contributed by atoms with van der Waals surface area (Å²) < 4.78 is 32.0. The van der Waals surface area contributed by atoms with E-state index in [9.17, 15) is 18.1 Å². The van der Waals surface area contributed by atoms with Crippen LogP contribution in [0.1, 0.15) is 48.3 Å². The number of hydrogen-bond donors (Lipinski definition) is 2. The van der Waals surface area contributed by atoms with E-state index in [4.69, 9.17) is 0 Å². The molecular formula is C14H20O4S. The topological polar surface area (TPSA) is 74.6 Å². The minimum atomic E-state index is -4.17. The Morgan fingerprint density at radius 2 is 1.68 bits per heavy atom. The summed E-state index contributed by atoms with van der Waals surface area (Å²) in [7, 11) is -4.17. The molecule has 1 aromatic rings. The highest BCUT2D eigenvalue weighted by Gasteiger charge is 2.26. The number of aryl methyl sites for hydroxylation is 1. The third-order valence-electron chi connectivity index (χ3n) is 4.07. The van der Waals surface area contributed by atoms with Gasteiger partial charge in [-0.1, -0.05) is 6.07 Å². The summed E-state index contributed by atoms with van der Waals surface area (Å²) in [4.78, 5) is -0.000720. The molecule has 1 aliphatic rings. The summed E-state index contributed by atoms with van der Waals surface area (Å²) in [5, 5.41) is 9.56. The first-order valence-electron chi connectivity index (χ1n) is 6.56. The first-order valence-corrected chi connectivity index (χ1v) is 8.00. The van der Waals surface area contributed by atoms with Crippen LogP contribution in [0.4, 0.5) is 0 Å². The van der Waals surface area contributed by atoms with Gasteiger partial charge in [0.05, 0.1) is 11.0 Å². The second-order valence-corrected chi connectivity index (χ2v) is 6.79. The van der Waals surface area contributed by atoms with Crippen LogP contribution in [-0.4, -0.2) is 24.2 Å². The fraction of sp³-hybridized carbons (Fsp3) is 0.571. The largest absolute Gasteiger partial charge is 0.393 e. The molecule has 4 nitrogen and oxygen atoms in total. The van der Waals surface area contributed by atoms with E-state index >= 15 is 0 Å². The molecule has 1 aliphatic carbocycles. The Bertz CT molecular complexity index is 569. The van der Waals surface area contributed by atoms with Crippen molar-refractivity contribution in [3.63, 3.8) is 0 Å². The zero-order valence-corrected chi connectivity index (χ0v) is 12.1. The van der Waals surface area contributed by atoms with E-state index in [1.807, 2.05) is 6.92 Å². The monoisotopic (exact) mass is 284 g/mol. The minimum Gasteiger partial charge on any atom is -0.393 e. The van der Waals surface area contributed by atoms with Gasteiger partial charge in [-0.15, -0.1) is 0 Å². The van der Waals surface area contributed by atoms with Crippen molar-refractivity contribution in [3.8, 4) is 0 Å². The van der Waals surface area contributed by atoms with Gasteiger partial charge in [-0.2, -0.15) is 8.42 Å². The lowest BCUT2D eigenvalue weighted by Gasteiger charge is -2.28. The van der Waals surface area contributed by atoms with Crippen molar-refractivity contribution in [2.24, 2.45) is 0 Å². The van der Waals surface area contributed by atoms with Crippen molar-refractivity contribution >= 4 is 10.1 Å². The Labute approximate surface area is 114 Å². The molecular weight excluding hydrogens is 264 g/mol. The van der Waals surface area contributed by atoms with Gasteiger partial charge >= 0.3 is 0 Å². The average Bonchev–Trinajstić information content (AvgIpc) is 2.29. The van der Waals surface area contributed by atoms with Crippen molar-refractivity contribution in [2.45, 2.75) is 56.4 Å². The van der Waals surface area contributed by atoms with Gasteiger partial charge in [-0.25, -0.2) is 0 Å². The van der Waals surface area contributed by atoms with Gasteiger partial charge in [0.25, 0.3) is 10.1 Å². The second-order valence-electron chi connectivity index (χ2n) is 5.40. The molecule has 2 rings (SSSR count). The maximum atomic E-state index is 11.4. The number of rotatable bonds is 2. The van der Waals surface area contributed by atoms with Crippen LogP contribution in [0, 0.1) is 13.8 Å². The summed E-state index contributed by atoms with van der Waals surface area (Å²) in [5.74, 6) is 0.269. The molecule has 106 valence electrons. The van der Waals surface area contributed by atoms with Crippen LogP contribution in [0.15, 0.2) is 17.0 Å². The fourth-order valence-corrected chi connectivity index (χ4v) is 3.85. The summed E-state index contributed by atoms with van der Waals surface area (Å²) in [5.41, 5.74) is 2.71. The molecule has 2 N–H and O–H groups in total. The molecule has 1 aromatic carbocycles. The highest BCUT2D eigenvalue weighted by Crippen LogP contribution is 2.37. The van der Waals surface area contributed by atoms with Gasteiger partial charge in [0.1, 0.15) is 0 Å². The van der Waals surface area contributed by atoms with Crippen LogP contribution >= 0.6 is 0 Å². The lowest BCUT2D eigenvalue weighted by atomic mass is 9.79.